The van der Waals surface area contributed by atoms with Crippen LogP contribution in [0.2, 0.25) is 0 Å². The van der Waals surface area contributed by atoms with Gasteiger partial charge >= 0.3 is 0 Å². The first-order valence-electron chi connectivity index (χ1n) is 2.44. The van der Waals surface area contributed by atoms with Crippen molar-refractivity contribution in [2.45, 2.75) is 13.8 Å². The lowest BCUT2D eigenvalue weighted by atomic mass is 10.5. The Morgan fingerprint density at radius 2 is 1.89 bits per heavy atom. The molecular formula is C4H11N5. The number of nitrogens with two attached hydrogens (primary N) is 2. The van der Waals surface area contributed by atoms with Crippen LogP contribution in [0.4, 0.5) is 0 Å². The van der Waals surface area contributed by atoms with Gasteiger partial charge in [0.1, 0.15) is 0 Å². The molecule has 0 saturated carbocycles. The summed E-state index contributed by atoms with van der Waals surface area (Å²) in [5, 5.41) is 7.62. The van der Waals surface area contributed by atoms with E-state index in [9.17, 15) is 0 Å². The Morgan fingerprint density at radius 1 is 1.44 bits per heavy atom. The Hall–Kier alpha value is -0.940. The van der Waals surface area contributed by atoms with Crippen molar-refractivity contribution in [2.24, 2.45) is 16.7 Å². The summed E-state index contributed by atoms with van der Waals surface area (Å²) in [6, 6.07) is 0. The largest absolute Gasteiger partial charge is 0.265 e. The van der Waals surface area contributed by atoms with E-state index in [1.165, 1.54) is 0 Å². The highest BCUT2D eigenvalue weighted by molar-refractivity contribution is 5.92. The number of nitrogens with zero attached hydrogens (tertiary/aromatic N) is 2. The van der Waals surface area contributed by atoms with Gasteiger partial charge in [0.15, 0.2) is 0 Å². The first-order valence-corrected chi connectivity index (χ1v) is 2.44. The van der Waals surface area contributed by atoms with Crippen molar-refractivity contribution in [3.63, 3.8) is 0 Å². The molecule has 0 aromatic heterocycles. The van der Waals surface area contributed by atoms with E-state index in [-0.39, 0.29) is 5.96 Å². The van der Waals surface area contributed by atoms with Crippen LogP contribution in [-0.2, 0) is 0 Å². The summed E-state index contributed by atoms with van der Waals surface area (Å²) >= 11 is 0. The third-order valence-electron chi connectivity index (χ3n) is 0.574. The molecule has 5 heteroatoms. The molecule has 0 atom stereocenters. The second-order valence-corrected chi connectivity index (χ2v) is 1.79. The summed E-state index contributed by atoms with van der Waals surface area (Å²) in [5.74, 6) is 9.78. The molecule has 5 N–H and O–H groups in total. The normalized spacial score (nSPS) is 8.44. The molecule has 0 aliphatic rings. The minimum atomic E-state index is -0.144. The van der Waals surface area contributed by atoms with Crippen LogP contribution in [0.1, 0.15) is 13.8 Å². The Balaban J connectivity index is 3.93. The summed E-state index contributed by atoms with van der Waals surface area (Å²) in [6.45, 7) is 3.52. The zero-order valence-electron chi connectivity index (χ0n) is 5.55. The van der Waals surface area contributed by atoms with Crippen molar-refractivity contribution in [3.8, 4) is 0 Å². The fourth-order valence-electron chi connectivity index (χ4n) is 0.270. The van der Waals surface area contributed by atoms with Gasteiger partial charge in [0.2, 0.25) is 5.96 Å². The SMILES string of the molecule is CC(C)=NC(=N)N(N)N. The molecule has 0 aliphatic carbocycles. The maximum Gasteiger partial charge on any atom is 0.247 e. The van der Waals surface area contributed by atoms with Crippen molar-refractivity contribution in [2.75, 3.05) is 0 Å². The van der Waals surface area contributed by atoms with Crippen LogP contribution < -0.4 is 11.7 Å². The second kappa shape index (κ2) is 3.16. The molecule has 0 rings (SSSR count). The molecule has 0 radical (unpaired) electrons. The van der Waals surface area contributed by atoms with Crippen LogP contribution in [0.25, 0.3) is 0 Å². The lowest BCUT2D eigenvalue weighted by Gasteiger charge is -2.06. The van der Waals surface area contributed by atoms with Gasteiger partial charge in [0.25, 0.3) is 0 Å². The number of aliphatic imine (C=N–C) groups is 1. The molecule has 0 amide bonds. The van der Waals surface area contributed by atoms with Gasteiger partial charge in [-0.15, -0.1) is 0 Å². The standard InChI is InChI=1S/C4H11N5/c1-3(2)8-4(5)9(6)7/h5H,6-7H2,1-2H3. The molecule has 0 spiro atoms. The molecule has 5 nitrogen and oxygen atoms in total. The number of nitrogens with one attached hydrogen (secondary N) is 1. The lowest BCUT2D eigenvalue weighted by Crippen LogP contribution is -2.42. The lowest BCUT2D eigenvalue weighted by molar-refractivity contribution is 0.456. The van der Waals surface area contributed by atoms with Crippen LogP contribution in [0.5, 0.6) is 0 Å². The van der Waals surface area contributed by atoms with Crippen LogP contribution >= 0.6 is 0 Å². The van der Waals surface area contributed by atoms with E-state index in [0.29, 0.717) is 5.12 Å². The van der Waals surface area contributed by atoms with E-state index in [2.05, 4.69) is 4.99 Å². The van der Waals surface area contributed by atoms with Crippen molar-refractivity contribution in [1.29, 1.82) is 5.41 Å². The van der Waals surface area contributed by atoms with E-state index >= 15 is 0 Å². The third-order valence-corrected chi connectivity index (χ3v) is 0.574. The Kier molecular flexibility index (Phi) is 2.83. The van der Waals surface area contributed by atoms with Gasteiger partial charge < -0.3 is 0 Å². The highest BCUT2D eigenvalue weighted by atomic mass is 15.6. The molecule has 0 aliphatic heterocycles. The molecule has 52 valence electrons. The topological polar surface area (TPSA) is 91.5 Å². The van der Waals surface area contributed by atoms with Gasteiger partial charge in [0, 0.05) is 5.71 Å². The second-order valence-electron chi connectivity index (χ2n) is 1.79. The predicted molar refractivity (Wildman–Crippen MR) is 36.7 cm³/mol. The predicted octanol–water partition coefficient (Wildman–Crippen LogP) is -0.549. The molecule has 9 heavy (non-hydrogen) atoms. The Labute approximate surface area is 53.8 Å². The smallest absolute Gasteiger partial charge is 0.247 e. The van der Waals surface area contributed by atoms with Gasteiger partial charge in [-0.3, -0.25) is 5.41 Å². The van der Waals surface area contributed by atoms with Gasteiger partial charge in [-0.1, -0.05) is 0 Å². The van der Waals surface area contributed by atoms with Crippen molar-refractivity contribution < 1.29 is 0 Å². The number of hydrogen-bond acceptors (Lipinski definition) is 3. The average molecular weight is 129 g/mol. The van der Waals surface area contributed by atoms with E-state index < -0.39 is 0 Å². The molecule has 0 bridgehead atoms. The molecule has 0 fully saturated rings. The van der Waals surface area contributed by atoms with Crippen LogP contribution in [-0.4, -0.2) is 16.8 Å². The summed E-state index contributed by atoms with van der Waals surface area (Å²) in [5.41, 5.74) is 0.751. The fraction of sp³-hybridized carbons (Fsp3) is 0.500. The van der Waals surface area contributed by atoms with Crippen LogP contribution in [0, 0.1) is 5.41 Å². The molecule has 0 unspecified atom stereocenters. The Morgan fingerprint density at radius 3 is 2.00 bits per heavy atom. The molecule has 0 aromatic carbocycles. The highest BCUT2D eigenvalue weighted by Gasteiger charge is 1.93. The number of rotatable bonds is 0. The van der Waals surface area contributed by atoms with Crippen molar-refractivity contribution >= 4 is 11.7 Å². The van der Waals surface area contributed by atoms with E-state index in [0.717, 1.165) is 5.71 Å². The third kappa shape index (κ3) is 3.63. The van der Waals surface area contributed by atoms with Crippen molar-refractivity contribution in [1.82, 2.24) is 5.12 Å². The first-order chi connectivity index (χ1) is 4.04. The van der Waals surface area contributed by atoms with Crippen LogP contribution in [0.15, 0.2) is 4.99 Å². The zero-order valence-corrected chi connectivity index (χ0v) is 5.55. The van der Waals surface area contributed by atoms with Crippen LogP contribution in [0.3, 0.4) is 0 Å². The first kappa shape index (κ1) is 8.06. The Bertz CT molecular complexity index is 132. The zero-order chi connectivity index (χ0) is 7.44. The number of hydrazine groups is 2. The number of guanidine groups is 1. The van der Waals surface area contributed by atoms with Gasteiger partial charge in [0.05, 0.1) is 0 Å². The molecular weight excluding hydrogens is 118 g/mol. The van der Waals surface area contributed by atoms with Gasteiger partial charge in [-0.2, -0.15) is 0 Å². The summed E-state index contributed by atoms with van der Waals surface area (Å²) in [4.78, 5) is 3.65. The molecule has 0 heterocycles. The fourth-order valence-corrected chi connectivity index (χ4v) is 0.270. The molecule has 0 saturated heterocycles. The molecule has 0 aromatic rings. The summed E-state index contributed by atoms with van der Waals surface area (Å²) < 4.78 is 0. The van der Waals surface area contributed by atoms with Gasteiger partial charge in [-0.05, 0) is 13.8 Å². The van der Waals surface area contributed by atoms with Gasteiger partial charge in [-0.25, -0.2) is 21.8 Å². The number of hydrogen-bond donors (Lipinski definition) is 3. The monoisotopic (exact) mass is 129 g/mol. The minimum Gasteiger partial charge on any atom is -0.265 e. The highest BCUT2D eigenvalue weighted by Crippen LogP contribution is 1.78. The quantitative estimate of drug-likeness (QED) is 0.177. The van der Waals surface area contributed by atoms with E-state index in [1.807, 2.05) is 0 Å². The van der Waals surface area contributed by atoms with E-state index in [4.69, 9.17) is 17.1 Å². The maximum atomic E-state index is 6.96. The summed E-state index contributed by atoms with van der Waals surface area (Å²) in [6.07, 6.45) is 0. The maximum absolute atomic E-state index is 6.96. The minimum absolute atomic E-state index is 0.144. The average Bonchev–Trinajstić information content (AvgIpc) is 1.63. The van der Waals surface area contributed by atoms with Crippen molar-refractivity contribution in [3.05, 3.63) is 0 Å². The van der Waals surface area contributed by atoms with E-state index in [1.54, 1.807) is 13.8 Å². The summed E-state index contributed by atoms with van der Waals surface area (Å²) in [7, 11) is 0.